The maximum absolute atomic E-state index is 13.6. The summed E-state index contributed by atoms with van der Waals surface area (Å²) >= 11 is 1.28. The Morgan fingerprint density at radius 1 is 1.09 bits per heavy atom. The Balaban J connectivity index is 1.65. The van der Waals surface area contributed by atoms with Crippen LogP contribution in [0.3, 0.4) is 0 Å². The summed E-state index contributed by atoms with van der Waals surface area (Å²) < 4.78 is 13.4. The number of nitrogens with zero attached hydrogens (tertiary/aromatic N) is 2. The second-order valence-electron chi connectivity index (χ2n) is 8.28. The van der Waals surface area contributed by atoms with Gasteiger partial charge in [0, 0.05) is 11.6 Å². The van der Waals surface area contributed by atoms with Crippen molar-refractivity contribution in [1.29, 1.82) is 0 Å². The first-order valence-corrected chi connectivity index (χ1v) is 12.2. The normalized spacial score (nSPS) is 15.6. The largest absolute Gasteiger partial charge is 0.463 e. The molecule has 5 rings (SSSR count). The SMILES string of the molecule is CCOC(=O)C1=C(C)N=c2s/c(=C/c3ccc(-c4ccccc4)o3)c(=O)n2[C@@H]1c1ccc(C)cc1. The molecule has 0 saturated heterocycles. The van der Waals surface area contributed by atoms with Gasteiger partial charge in [-0.3, -0.25) is 9.36 Å². The van der Waals surface area contributed by atoms with Crippen LogP contribution in [0.1, 0.15) is 36.8 Å². The van der Waals surface area contributed by atoms with Crippen LogP contribution in [0.15, 0.2) is 92.2 Å². The summed E-state index contributed by atoms with van der Waals surface area (Å²) in [6.45, 7) is 5.78. The average molecular weight is 485 g/mol. The Morgan fingerprint density at radius 3 is 2.54 bits per heavy atom. The van der Waals surface area contributed by atoms with E-state index >= 15 is 0 Å². The first-order chi connectivity index (χ1) is 17.0. The lowest BCUT2D eigenvalue weighted by Gasteiger charge is -2.24. The molecule has 0 spiro atoms. The Hall–Kier alpha value is -3.97. The minimum atomic E-state index is -0.621. The van der Waals surface area contributed by atoms with Crippen LogP contribution < -0.4 is 14.9 Å². The first kappa shape index (κ1) is 22.8. The second kappa shape index (κ2) is 9.35. The second-order valence-corrected chi connectivity index (χ2v) is 9.29. The Labute approximate surface area is 206 Å². The number of carbonyl (C=O) groups is 1. The van der Waals surface area contributed by atoms with Crippen molar-refractivity contribution in [2.75, 3.05) is 6.61 Å². The van der Waals surface area contributed by atoms with E-state index in [0.717, 1.165) is 22.5 Å². The standard InChI is InChI=1S/C28H24N2O4S/c1-4-33-27(32)24-18(3)29-28-30(25(24)20-12-10-17(2)11-13-20)26(31)23(35-28)16-21-14-15-22(34-21)19-8-6-5-7-9-19/h5-16,25H,4H2,1-3H3/b23-16+/t25-/m1/s1. The van der Waals surface area contributed by atoms with Gasteiger partial charge in [0.1, 0.15) is 11.5 Å². The van der Waals surface area contributed by atoms with Crippen LogP contribution in [0.2, 0.25) is 0 Å². The van der Waals surface area contributed by atoms with Gasteiger partial charge < -0.3 is 9.15 Å². The Bertz CT molecular complexity index is 1610. The van der Waals surface area contributed by atoms with Crippen molar-refractivity contribution in [1.82, 2.24) is 4.57 Å². The Kier molecular flexibility index (Phi) is 6.09. The van der Waals surface area contributed by atoms with Crippen LogP contribution in [0.25, 0.3) is 17.4 Å². The van der Waals surface area contributed by atoms with Crippen molar-refractivity contribution in [3.63, 3.8) is 0 Å². The van der Waals surface area contributed by atoms with E-state index in [2.05, 4.69) is 4.99 Å². The summed E-state index contributed by atoms with van der Waals surface area (Å²) in [5.74, 6) is 0.831. The predicted molar refractivity (Wildman–Crippen MR) is 136 cm³/mol. The number of benzene rings is 2. The van der Waals surface area contributed by atoms with Gasteiger partial charge in [-0.15, -0.1) is 0 Å². The van der Waals surface area contributed by atoms with E-state index in [4.69, 9.17) is 9.15 Å². The lowest BCUT2D eigenvalue weighted by atomic mass is 9.95. The molecule has 3 heterocycles. The highest BCUT2D eigenvalue weighted by Gasteiger charge is 2.33. The molecule has 0 aliphatic carbocycles. The lowest BCUT2D eigenvalue weighted by Crippen LogP contribution is -2.39. The van der Waals surface area contributed by atoms with Gasteiger partial charge in [-0.05, 0) is 38.5 Å². The summed E-state index contributed by atoms with van der Waals surface area (Å²) in [6.07, 6.45) is 1.73. The number of rotatable bonds is 5. The van der Waals surface area contributed by atoms with Crippen LogP contribution in [0.4, 0.5) is 0 Å². The van der Waals surface area contributed by atoms with Gasteiger partial charge in [-0.25, -0.2) is 9.79 Å². The monoisotopic (exact) mass is 484 g/mol. The summed E-state index contributed by atoms with van der Waals surface area (Å²) in [4.78, 5) is 31.7. The number of furan rings is 1. The molecule has 0 saturated carbocycles. The molecule has 4 aromatic rings. The van der Waals surface area contributed by atoms with Crippen molar-refractivity contribution in [2.24, 2.45) is 4.99 Å². The van der Waals surface area contributed by atoms with Crippen molar-refractivity contribution in [3.05, 3.63) is 115 Å². The first-order valence-electron chi connectivity index (χ1n) is 11.4. The zero-order valence-electron chi connectivity index (χ0n) is 19.6. The number of fused-ring (bicyclic) bond motifs is 1. The third-order valence-electron chi connectivity index (χ3n) is 5.87. The molecule has 0 fully saturated rings. The molecule has 0 radical (unpaired) electrons. The number of hydrogen-bond acceptors (Lipinski definition) is 6. The maximum atomic E-state index is 13.6. The van der Waals surface area contributed by atoms with E-state index in [1.807, 2.05) is 73.7 Å². The summed E-state index contributed by atoms with van der Waals surface area (Å²) in [7, 11) is 0. The molecule has 176 valence electrons. The molecule has 6 nitrogen and oxygen atoms in total. The van der Waals surface area contributed by atoms with E-state index < -0.39 is 12.0 Å². The number of aromatic nitrogens is 1. The minimum Gasteiger partial charge on any atom is -0.463 e. The molecule has 1 aliphatic rings. The number of carbonyl (C=O) groups excluding carboxylic acids is 1. The van der Waals surface area contributed by atoms with Crippen molar-refractivity contribution >= 4 is 23.4 Å². The fourth-order valence-corrected chi connectivity index (χ4v) is 5.20. The van der Waals surface area contributed by atoms with Crippen LogP contribution in [-0.4, -0.2) is 17.1 Å². The third kappa shape index (κ3) is 4.31. The van der Waals surface area contributed by atoms with Gasteiger partial charge in [0.25, 0.3) is 5.56 Å². The lowest BCUT2D eigenvalue weighted by molar-refractivity contribution is -0.139. The molecule has 7 heteroatoms. The van der Waals surface area contributed by atoms with E-state index in [9.17, 15) is 9.59 Å². The fourth-order valence-electron chi connectivity index (χ4n) is 4.17. The molecular weight excluding hydrogens is 460 g/mol. The van der Waals surface area contributed by atoms with Gasteiger partial charge in [-0.1, -0.05) is 71.5 Å². The molecule has 0 unspecified atom stereocenters. The quantitative estimate of drug-likeness (QED) is 0.395. The molecular formula is C28H24N2O4S. The predicted octanol–water partition coefficient (Wildman–Crippen LogP) is 4.37. The maximum Gasteiger partial charge on any atom is 0.338 e. The van der Waals surface area contributed by atoms with E-state index in [-0.39, 0.29) is 12.2 Å². The van der Waals surface area contributed by atoms with Gasteiger partial charge >= 0.3 is 5.97 Å². The summed E-state index contributed by atoms with van der Waals surface area (Å²) in [5, 5.41) is 0. The van der Waals surface area contributed by atoms with Gasteiger partial charge in [0.15, 0.2) is 4.80 Å². The molecule has 35 heavy (non-hydrogen) atoms. The van der Waals surface area contributed by atoms with Crippen molar-refractivity contribution in [2.45, 2.75) is 26.8 Å². The zero-order valence-corrected chi connectivity index (χ0v) is 20.5. The molecule has 0 amide bonds. The summed E-state index contributed by atoms with van der Waals surface area (Å²) in [5.41, 5.74) is 3.57. The molecule has 2 aromatic heterocycles. The third-order valence-corrected chi connectivity index (χ3v) is 6.85. The van der Waals surface area contributed by atoms with Gasteiger partial charge in [0.2, 0.25) is 0 Å². The molecule has 1 atom stereocenters. The van der Waals surface area contributed by atoms with Crippen molar-refractivity contribution in [3.8, 4) is 11.3 Å². The minimum absolute atomic E-state index is 0.230. The number of aryl methyl sites for hydroxylation is 1. The van der Waals surface area contributed by atoms with E-state index in [1.165, 1.54) is 11.3 Å². The highest BCUT2D eigenvalue weighted by atomic mass is 32.1. The number of esters is 1. The highest BCUT2D eigenvalue weighted by molar-refractivity contribution is 7.07. The zero-order chi connectivity index (χ0) is 24.5. The Morgan fingerprint density at radius 2 is 1.83 bits per heavy atom. The number of hydrogen-bond donors (Lipinski definition) is 0. The van der Waals surface area contributed by atoms with Gasteiger partial charge in [0.05, 0.1) is 28.5 Å². The van der Waals surface area contributed by atoms with E-state index in [0.29, 0.717) is 26.4 Å². The van der Waals surface area contributed by atoms with Crippen molar-refractivity contribution < 1.29 is 13.9 Å². The topological polar surface area (TPSA) is 73.8 Å². The van der Waals surface area contributed by atoms with Crippen LogP contribution in [-0.2, 0) is 9.53 Å². The van der Waals surface area contributed by atoms with E-state index in [1.54, 1.807) is 24.5 Å². The molecule has 0 bridgehead atoms. The molecule has 0 N–H and O–H groups in total. The fraction of sp³-hybridized carbons (Fsp3) is 0.179. The number of ether oxygens (including phenoxy) is 1. The van der Waals surface area contributed by atoms with Crippen LogP contribution in [0.5, 0.6) is 0 Å². The molecule has 1 aliphatic heterocycles. The van der Waals surface area contributed by atoms with Gasteiger partial charge in [-0.2, -0.15) is 0 Å². The van der Waals surface area contributed by atoms with Crippen LogP contribution in [0, 0.1) is 6.92 Å². The smallest absolute Gasteiger partial charge is 0.338 e. The average Bonchev–Trinajstić information content (AvgIpc) is 3.44. The van der Waals surface area contributed by atoms with Crippen LogP contribution >= 0.6 is 11.3 Å². The summed E-state index contributed by atoms with van der Waals surface area (Å²) in [6, 6.07) is 20.7. The number of thiazole rings is 1. The number of allylic oxidation sites excluding steroid dienone is 1. The highest BCUT2D eigenvalue weighted by Crippen LogP contribution is 2.31. The molecule has 2 aromatic carbocycles.